The summed E-state index contributed by atoms with van der Waals surface area (Å²) in [5.74, 6) is -0.491. The molecule has 2 amide bonds. The number of nitrogens with zero attached hydrogens (tertiary/aromatic N) is 3. The Labute approximate surface area is 294 Å². The molecule has 0 aromatic heterocycles. The maximum Gasteiger partial charge on any atom is 0.416 e. The maximum absolute atomic E-state index is 14.5. The minimum absolute atomic E-state index is 0.110. The molecular formula is C42H46F3N3O2. The number of halogens is 3. The van der Waals surface area contributed by atoms with Crippen LogP contribution in [-0.4, -0.2) is 58.7 Å². The molecule has 50 heavy (non-hydrogen) atoms. The van der Waals surface area contributed by atoms with Gasteiger partial charge in [-0.3, -0.25) is 14.5 Å². The highest BCUT2D eigenvalue weighted by atomic mass is 19.4. The molecular weight excluding hydrogens is 635 g/mol. The van der Waals surface area contributed by atoms with Gasteiger partial charge in [-0.05, 0) is 58.9 Å². The Morgan fingerprint density at radius 2 is 1.34 bits per heavy atom. The summed E-state index contributed by atoms with van der Waals surface area (Å²) in [5.41, 5.74) is 4.00. The number of benzene rings is 4. The molecule has 5 rings (SSSR count). The van der Waals surface area contributed by atoms with Gasteiger partial charge in [0.05, 0.1) is 5.56 Å². The van der Waals surface area contributed by atoms with E-state index in [1.54, 1.807) is 4.90 Å². The summed E-state index contributed by atoms with van der Waals surface area (Å²) in [7, 11) is 0. The fourth-order valence-electron chi connectivity index (χ4n) is 6.32. The van der Waals surface area contributed by atoms with Crippen molar-refractivity contribution >= 4 is 17.9 Å². The Hall–Kier alpha value is -4.69. The Balaban J connectivity index is 1.40. The van der Waals surface area contributed by atoms with Gasteiger partial charge in [0, 0.05) is 51.8 Å². The Morgan fingerprint density at radius 1 is 0.740 bits per heavy atom. The van der Waals surface area contributed by atoms with E-state index in [9.17, 15) is 22.8 Å². The van der Waals surface area contributed by atoms with Crippen LogP contribution in [0.2, 0.25) is 0 Å². The number of unbranched alkanes of at least 4 members (excludes halogenated alkanes) is 2. The van der Waals surface area contributed by atoms with Gasteiger partial charge in [-0.15, -0.1) is 0 Å². The van der Waals surface area contributed by atoms with Crippen LogP contribution in [0.4, 0.5) is 13.2 Å². The monoisotopic (exact) mass is 681 g/mol. The zero-order valence-electron chi connectivity index (χ0n) is 28.7. The van der Waals surface area contributed by atoms with Gasteiger partial charge in [-0.2, -0.15) is 13.2 Å². The summed E-state index contributed by atoms with van der Waals surface area (Å²) in [5, 5.41) is 0. The van der Waals surface area contributed by atoms with Crippen molar-refractivity contribution in [3.63, 3.8) is 0 Å². The number of hydrogen-bond acceptors (Lipinski definition) is 3. The molecule has 0 spiro atoms. The van der Waals surface area contributed by atoms with E-state index in [-0.39, 0.29) is 18.4 Å². The zero-order valence-corrected chi connectivity index (χ0v) is 28.7. The summed E-state index contributed by atoms with van der Waals surface area (Å²) in [6, 6.07) is 32.1. The van der Waals surface area contributed by atoms with Crippen LogP contribution < -0.4 is 0 Å². The van der Waals surface area contributed by atoms with Crippen molar-refractivity contribution in [1.82, 2.24) is 14.7 Å². The summed E-state index contributed by atoms with van der Waals surface area (Å²) in [6.45, 7) is 5.74. The molecule has 5 nitrogen and oxygen atoms in total. The van der Waals surface area contributed by atoms with Crippen molar-refractivity contribution in [2.45, 2.75) is 64.3 Å². The van der Waals surface area contributed by atoms with Crippen LogP contribution in [0.5, 0.6) is 0 Å². The third-order valence-corrected chi connectivity index (χ3v) is 9.25. The normalized spacial score (nSPS) is 14.5. The van der Waals surface area contributed by atoms with Gasteiger partial charge in [0.1, 0.15) is 6.04 Å². The molecule has 0 N–H and O–H groups in total. The lowest BCUT2D eigenvalue weighted by molar-refractivity contribution is -0.145. The molecule has 1 saturated heterocycles. The van der Waals surface area contributed by atoms with E-state index in [1.807, 2.05) is 65.6 Å². The number of rotatable bonds is 14. The molecule has 0 aliphatic carbocycles. The van der Waals surface area contributed by atoms with Gasteiger partial charge >= 0.3 is 6.18 Å². The number of amides is 2. The predicted octanol–water partition coefficient (Wildman–Crippen LogP) is 8.44. The molecule has 4 aromatic carbocycles. The van der Waals surface area contributed by atoms with Crippen LogP contribution in [0.25, 0.3) is 6.08 Å². The molecule has 0 radical (unpaired) electrons. The fraction of sp³-hybridized carbons (Fsp3) is 0.333. The predicted molar refractivity (Wildman–Crippen MR) is 193 cm³/mol. The standard InChI is InChI=1S/C42H46F3N3O2/c1-2-3-6-11-33-16-18-37(19-17-33)32-48(40(49)25-22-34-20-23-38(24-21-34)42(43,44)45)39(30-35-12-7-4-8-13-35)41(50)47-28-26-46(27-29-47)31-36-14-9-5-10-15-36/h4-5,7-10,12-25,39H,2-3,6,11,26-32H2,1H3/t39-/m0/s1. The van der Waals surface area contributed by atoms with Crippen molar-refractivity contribution in [3.05, 3.63) is 149 Å². The quantitative estimate of drug-likeness (QED) is 0.0992. The Kier molecular flexibility index (Phi) is 13.0. The van der Waals surface area contributed by atoms with Crippen molar-refractivity contribution in [2.24, 2.45) is 0 Å². The SMILES string of the molecule is CCCCCc1ccc(CN(C(=O)C=Cc2ccc(C(F)(F)F)cc2)[C@@H](Cc2ccccc2)C(=O)N2CCN(Cc3ccccc3)CC2)cc1. The summed E-state index contributed by atoms with van der Waals surface area (Å²) >= 11 is 0. The van der Waals surface area contributed by atoms with Crippen molar-refractivity contribution in [2.75, 3.05) is 26.2 Å². The van der Waals surface area contributed by atoms with Gasteiger partial charge in [0.15, 0.2) is 0 Å². The third kappa shape index (κ3) is 10.7. The van der Waals surface area contributed by atoms with Crippen molar-refractivity contribution in [1.29, 1.82) is 0 Å². The van der Waals surface area contributed by atoms with Crippen LogP contribution in [-0.2, 0) is 41.7 Å². The summed E-state index contributed by atoms with van der Waals surface area (Å²) in [6.07, 6.45) is 3.17. The molecule has 1 heterocycles. The highest BCUT2D eigenvalue weighted by Gasteiger charge is 2.34. The van der Waals surface area contributed by atoms with E-state index in [4.69, 9.17) is 0 Å². The number of hydrogen-bond donors (Lipinski definition) is 0. The van der Waals surface area contributed by atoms with Crippen LogP contribution in [0, 0.1) is 0 Å². The van der Waals surface area contributed by atoms with E-state index in [1.165, 1.54) is 41.8 Å². The molecule has 0 bridgehead atoms. The minimum Gasteiger partial charge on any atom is -0.338 e. The average Bonchev–Trinajstić information content (AvgIpc) is 3.13. The van der Waals surface area contributed by atoms with Gasteiger partial charge in [-0.1, -0.05) is 117 Å². The highest BCUT2D eigenvalue weighted by Crippen LogP contribution is 2.29. The van der Waals surface area contributed by atoms with Gasteiger partial charge in [0.25, 0.3) is 0 Å². The number of piperazine rings is 1. The summed E-state index contributed by atoms with van der Waals surface area (Å²) in [4.78, 5) is 34.5. The van der Waals surface area contributed by atoms with E-state index in [0.717, 1.165) is 62.2 Å². The van der Waals surface area contributed by atoms with Gasteiger partial charge < -0.3 is 9.80 Å². The van der Waals surface area contributed by atoms with E-state index in [2.05, 4.69) is 36.1 Å². The Morgan fingerprint density at radius 3 is 1.94 bits per heavy atom. The van der Waals surface area contributed by atoms with E-state index in [0.29, 0.717) is 25.1 Å². The largest absolute Gasteiger partial charge is 0.416 e. The van der Waals surface area contributed by atoms with Crippen LogP contribution in [0.3, 0.4) is 0 Å². The second-order valence-corrected chi connectivity index (χ2v) is 13.0. The lowest BCUT2D eigenvalue weighted by atomic mass is 10.0. The maximum atomic E-state index is 14.5. The molecule has 0 unspecified atom stereocenters. The first kappa shape index (κ1) is 36.6. The molecule has 4 aromatic rings. The van der Waals surface area contributed by atoms with Gasteiger partial charge in [-0.25, -0.2) is 0 Å². The fourth-order valence-corrected chi connectivity index (χ4v) is 6.32. The minimum atomic E-state index is -4.45. The first-order valence-corrected chi connectivity index (χ1v) is 17.5. The van der Waals surface area contributed by atoms with Crippen LogP contribution in [0.15, 0.2) is 115 Å². The van der Waals surface area contributed by atoms with Crippen LogP contribution >= 0.6 is 0 Å². The number of carbonyl (C=O) groups is 2. The molecule has 1 aliphatic heterocycles. The molecule has 8 heteroatoms. The average molecular weight is 682 g/mol. The van der Waals surface area contributed by atoms with E-state index >= 15 is 0 Å². The number of carbonyl (C=O) groups excluding carboxylic acids is 2. The molecule has 1 aliphatic rings. The van der Waals surface area contributed by atoms with Crippen molar-refractivity contribution < 1.29 is 22.8 Å². The zero-order chi connectivity index (χ0) is 35.3. The Bertz CT molecular complexity index is 1670. The molecule has 0 saturated carbocycles. The van der Waals surface area contributed by atoms with Crippen LogP contribution in [0.1, 0.15) is 59.6 Å². The molecule has 1 fully saturated rings. The lowest BCUT2D eigenvalue weighted by Gasteiger charge is -2.39. The van der Waals surface area contributed by atoms with Crippen molar-refractivity contribution in [3.8, 4) is 0 Å². The van der Waals surface area contributed by atoms with E-state index < -0.39 is 17.8 Å². The first-order chi connectivity index (χ1) is 24.2. The number of alkyl halides is 3. The first-order valence-electron chi connectivity index (χ1n) is 17.5. The second kappa shape index (κ2) is 17.8. The number of aryl methyl sites for hydroxylation is 1. The lowest BCUT2D eigenvalue weighted by Crippen LogP contribution is -2.56. The highest BCUT2D eigenvalue weighted by molar-refractivity contribution is 5.95. The van der Waals surface area contributed by atoms with Gasteiger partial charge in [0.2, 0.25) is 11.8 Å². The second-order valence-electron chi connectivity index (χ2n) is 13.0. The smallest absolute Gasteiger partial charge is 0.338 e. The molecule has 262 valence electrons. The summed E-state index contributed by atoms with van der Waals surface area (Å²) < 4.78 is 39.4. The molecule has 1 atom stereocenters. The third-order valence-electron chi connectivity index (χ3n) is 9.25. The topological polar surface area (TPSA) is 43.9 Å².